The lowest BCUT2D eigenvalue weighted by molar-refractivity contribution is -0.153. The summed E-state index contributed by atoms with van der Waals surface area (Å²) in [4.78, 5) is 55.1. The molecule has 0 radical (unpaired) electrons. The monoisotopic (exact) mass is 680 g/mol. The zero-order valence-corrected chi connectivity index (χ0v) is 27.1. The predicted octanol–water partition coefficient (Wildman–Crippen LogP) is 2.32. The van der Waals surface area contributed by atoms with E-state index in [0.717, 1.165) is 0 Å². The molecule has 0 aliphatic carbocycles. The van der Waals surface area contributed by atoms with Gasteiger partial charge in [-0.25, -0.2) is 4.79 Å². The zero-order valence-electron chi connectivity index (χ0n) is 25.6. The molecular formula is C32H42Cl2N4O8. The maximum Gasteiger partial charge on any atom is 0.326 e. The van der Waals surface area contributed by atoms with Gasteiger partial charge in [0.05, 0.1) is 0 Å². The minimum absolute atomic E-state index is 0.00184. The van der Waals surface area contributed by atoms with Crippen molar-refractivity contribution < 1.29 is 39.6 Å². The average molecular weight is 682 g/mol. The van der Waals surface area contributed by atoms with Crippen molar-refractivity contribution in [1.82, 2.24) is 15.1 Å². The van der Waals surface area contributed by atoms with Crippen LogP contribution in [0.3, 0.4) is 0 Å². The lowest BCUT2D eigenvalue weighted by atomic mass is 9.99. The SMILES string of the molecule is CN(C(=O)C(Cc1ccc(O)cc1)NC(=O)C(O)C(N)CCCCC(Cl)Cl)C(Cc1ccc(O)cc1)C(=O)N1CCCC1C(=O)O. The highest BCUT2D eigenvalue weighted by Gasteiger charge is 2.41. The van der Waals surface area contributed by atoms with Crippen LogP contribution in [0, 0.1) is 0 Å². The van der Waals surface area contributed by atoms with Gasteiger partial charge in [0.25, 0.3) is 5.91 Å². The van der Waals surface area contributed by atoms with E-state index < -0.39 is 58.8 Å². The molecule has 3 amide bonds. The number of likely N-dealkylation sites (N-methyl/N-ethyl adjacent to an activating group) is 1. The van der Waals surface area contributed by atoms with Crippen molar-refractivity contribution in [2.75, 3.05) is 13.6 Å². The Morgan fingerprint density at radius 2 is 1.50 bits per heavy atom. The normalized spacial score (nSPS) is 17.3. The number of unbranched alkanes of at least 4 members (excludes halogenated alkanes) is 1. The van der Waals surface area contributed by atoms with Gasteiger partial charge < -0.3 is 41.3 Å². The molecule has 1 saturated heterocycles. The molecule has 0 spiro atoms. The van der Waals surface area contributed by atoms with Crippen LogP contribution in [-0.4, -0.2) is 103 Å². The first-order valence-corrected chi connectivity index (χ1v) is 16.0. The third kappa shape index (κ3) is 10.5. The third-order valence-electron chi connectivity index (χ3n) is 8.16. The van der Waals surface area contributed by atoms with Gasteiger partial charge in [0.15, 0.2) is 0 Å². The number of aromatic hydroxyl groups is 2. The number of nitrogens with one attached hydrogen (secondary N) is 1. The van der Waals surface area contributed by atoms with Crippen LogP contribution in [0.4, 0.5) is 0 Å². The van der Waals surface area contributed by atoms with Crippen LogP contribution in [-0.2, 0) is 32.0 Å². The molecule has 12 nitrogen and oxygen atoms in total. The maximum atomic E-state index is 14.1. The number of aliphatic carboxylic acids is 1. The van der Waals surface area contributed by atoms with Crippen LogP contribution >= 0.6 is 23.2 Å². The predicted molar refractivity (Wildman–Crippen MR) is 172 cm³/mol. The van der Waals surface area contributed by atoms with Crippen LogP contribution in [0.5, 0.6) is 11.5 Å². The van der Waals surface area contributed by atoms with Crippen LogP contribution in [0.15, 0.2) is 48.5 Å². The Balaban J connectivity index is 1.87. The number of alkyl halides is 2. The summed E-state index contributed by atoms with van der Waals surface area (Å²) in [6.45, 7) is 0.206. The van der Waals surface area contributed by atoms with Crippen LogP contribution in [0.2, 0.25) is 0 Å². The van der Waals surface area contributed by atoms with Gasteiger partial charge >= 0.3 is 5.97 Å². The largest absolute Gasteiger partial charge is 0.508 e. The first-order chi connectivity index (χ1) is 21.8. The molecule has 2 aromatic rings. The van der Waals surface area contributed by atoms with Gasteiger partial charge in [-0.3, -0.25) is 14.4 Å². The number of carboxylic acids is 1. The molecule has 5 unspecified atom stereocenters. The van der Waals surface area contributed by atoms with Gasteiger partial charge in [-0.05, 0) is 61.1 Å². The Kier molecular flexibility index (Phi) is 13.9. The standard InChI is InChI=1S/C32H42Cl2N4O8/c1-37(26(18-20-10-14-22(40)15-11-20)31(44)38-16-4-6-25(38)32(45)46)30(43)24(17-19-8-12-21(39)13-9-19)36-29(42)28(41)23(35)5-2-3-7-27(33)34/h8-15,23-28,39-41H,2-7,16-18,35H2,1H3,(H,36,42)(H,45,46). The van der Waals surface area contributed by atoms with Crippen molar-refractivity contribution in [1.29, 1.82) is 0 Å². The molecule has 2 aromatic carbocycles. The number of phenols is 2. The van der Waals surface area contributed by atoms with E-state index in [9.17, 15) is 39.6 Å². The third-order valence-corrected chi connectivity index (χ3v) is 8.60. The van der Waals surface area contributed by atoms with Gasteiger partial charge in [-0.15, -0.1) is 23.2 Å². The molecule has 252 valence electrons. The van der Waals surface area contributed by atoms with E-state index in [2.05, 4.69) is 5.32 Å². The first kappa shape index (κ1) is 36.9. The number of benzene rings is 2. The van der Waals surface area contributed by atoms with Crippen LogP contribution in [0.25, 0.3) is 0 Å². The number of nitrogens with two attached hydrogens (primary N) is 1. The molecule has 3 rings (SSSR count). The first-order valence-electron chi connectivity index (χ1n) is 15.2. The van der Waals surface area contributed by atoms with Gasteiger partial charge in [-0.2, -0.15) is 0 Å². The second-order valence-corrected chi connectivity index (χ2v) is 12.9. The number of carboxylic acid groups (broad SMARTS) is 1. The van der Waals surface area contributed by atoms with Gasteiger partial charge in [0, 0.05) is 32.5 Å². The Morgan fingerprint density at radius 1 is 0.957 bits per heavy atom. The van der Waals surface area contributed by atoms with E-state index in [0.29, 0.717) is 43.2 Å². The lowest BCUT2D eigenvalue weighted by Gasteiger charge is -2.35. The van der Waals surface area contributed by atoms with E-state index >= 15 is 0 Å². The van der Waals surface area contributed by atoms with E-state index in [1.165, 1.54) is 41.1 Å². The summed E-state index contributed by atoms with van der Waals surface area (Å²) >= 11 is 11.5. The number of carbonyl (C=O) groups excluding carboxylic acids is 3. The van der Waals surface area contributed by atoms with Crippen molar-refractivity contribution in [2.45, 2.75) is 86.5 Å². The smallest absolute Gasteiger partial charge is 0.326 e. The van der Waals surface area contributed by atoms with Crippen LogP contribution in [0.1, 0.15) is 49.7 Å². The molecule has 5 atom stereocenters. The summed E-state index contributed by atoms with van der Waals surface area (Å²) in [6, 6.07) is 7.69. The Bertz CT molecular complexity index is 1330. The number of hydrogen-bond acceptors (Lipinski definition) is 8. The fraction of sp³-hybridized carbons (Fsp3) is 0.500. The highest BCUT2D eigenvalue weighted by Crippen LogP contribution is 2.23. The van der Waals surface area contributed by atoms with Gasteiger partial charge in [0.2, 0.25) is 11.8 Å². The van der Waals surface area contributed by atoms with Crippen molar-refractivity contribution in [3.63, 3.8) is 0 Å². The molecule has 7 N–H and O–H groups in total. The number of aliphatic hydroxyl groups is 1. The molecule has 0 aromatic heterocycles. The number of aliphatic hydroxyl groups excluding tert-OH is 1. The summed E-state index contributed by atoms with van der Waals surface area (Å²) in [7, 11) is 1.40. The molecule has 0 bridgehead atoms. The Morgan fingerprint density at radius 3 is 2.04 bits per heavy atom. The molecule has 46 heavy (non-hydrogen) atoms. The number of phenolic OH excluding ortho intramolecular Hbond substituents is 2. The maximum absolute atomic E-state index is 14.1. The zero-order chi connectivity index (χ0) is 34.0. The second-order valence-electron chi connectivity index (χ2n) is 11.6. The fourth-order valence-electron chi connectivity index (χ4n) is 5.48. The summed E-state index contributed by atoms with van der Waals surface area (Å²) < 4.78 is 0. The Labute approximate surface area is 278 Å². The minimum atomic E-state index is -1.64. The number of halogens is 2. The number of hydrogen-bond donors (Lipinski definition) is 6. The van der Waals surface area contributed by atoms with Gasteiger partial charge in [-0.1, -0.05) is 37.1 Å². The number of amides is 3. The molecular weight excluding hydrogens is 639 g/mol. The molecule has 1 aliphatic rings. The molecule has 14 heteroatoms. The number of nitrogens with zero attached hydrogens (tertiary/aromatic N) is 2. The number of carbonyl (C=O) groups is 4. The van der Waals surface area contributed by atoms with E-state index in [1.807, 2.05) is 0 Å². The van der Waals surface area contributed by atoms with E-state index in [-0.39, 0.29) is 37.3 Å². The fourth-order valence-corrected chi connectivity index (χ4v) is 5.79. The van der Waals surface area contributed by atoms with Crippen molar-refractivity contribution in [2.24, 2.45) is 5.73 Å². The van der Waals surface area contributed by atoms with Gasteiger partial charge in [0.1, 0.15) is 40.6 Å². The molecule has 0 saturated carbocycles. The van der Waals surface area contributed by atoms with Crippen LogP contribution < -0.4 is 11.1 Å². The van der Waals surface area contributed by atoms with E-state index in [1.54, 1.807) is 24.3 Å². The second kappa shape index (κ2) is 17.4. The molecule has 1 fully saturated rings. The highest BCUT2D eigenvalue weighted by atomic mass is 35.5. The summed E-state index contributed by atoms with van der Waals surface area (Å²) in [5, 5.41) is 42.5. The van der Waals surface area contributed by atoms with Crippen molar-refractivity contribution in [3.05, 3.63) is 59.7 Å². The van der Waals surface area contributed by atoms with Crippen molar-refractivity contribution >= 4 is 46.9 Å². The average Bonchev–Trinajstić information content (AvgIpc) is 3.52. The number of rotatable bonds is 16. The minimum Gasteiger partial charge on any atom is -0.508 e. The summed E-state index contributed by atoms with van der Waals surface area (Å²) in [5.74, 6) is -3.24. The summed E-state index contributed by atoms with van der Waals surface area (Å²) in [5.41, 5.74) is 7.28. The van der Waals surface area contributed by atoms with Crippen molar-refractivity contribution in [3.8, 4) is 11.5 Å². The number of likely N-dealkylation sites (tertiary alicyclic amines) is 1. The molecule has 1 aliphatic heterocycles. The quantitative estimate of drug-likeness (QED) is 0.114. The topological polar surface area (TPSA) is 194 Å². The van der Waals surface area contributed by atoms with E-state index in [4.69, 9.17) is 28.9 Å². The summed E-state index contributed by atoms with van der Waals surface area (Å²) in [6.07, 6.45) is 1.12. The highest BCUT2D eigenvalue weighted by molar-refractivity contribution is 6.44. The Hall–Kier alpha value is -3.58. The lowest BCUT2D eigenvalue weighted by Crippen LogP contribution is -2.59. The molecule has 1 heterocycles.